The van der Waals surface area contributed by atoms with Gasteiger partial charge in [0, 0.05) is 59.6 Å². The zero-order chi connectivity index (χ0) is 26.2. The summed E-state index contributed by atoms with van der Waals surface area (Å²) in [5.41, 5.74) is 4.10. The molecule has 3 aromatic heterocycles. The molecule has 1 aliphatic carbocycles. The highest BCUT2D eigenvalue weighted by molar-refractivity contribution is 5.99. The Balaban J connectivity index is 1.13. The Hall–Kier alpha value is -4.27. The molecule has 9 heteroatoms. The highest BCUT2D eigenvalue weighted by Gasteiger charge is 2.31. The molecule has 1 saturated heterocycles. The van der Waals surface area contributed by atoms with Gasteiger partial charge >= 0.3 is 0 Å². The number of aromatic amines is 1. The van der Waals surface area contributed by atoms with Crippen molar-refractivity contribution in [1.29, 1.82) is 0 Å². The van der Waals surface area contributed by atoms with Crippen molar-refractivity contribution in [2.75, 3.05) is 17.2 Å². The van der Waals surface area contributed by atoms with E-state index >= 15 is 0 Å². The number of rotatable bonds is 6. The van der Waals surface area contributed by atoms with Crippen molar-refractivity contribution in [2.45, 2.75) is 44.7 Å². The molecule has 0 bridgehead atoms. The Labute approximate surface area is 219 Å². The molecule has 0 radical (unpaired) electrons. The van der Waals surface area contributed by atoms with Crippen LogP contribution in [0.2, 0.25) is 0 Å². The first-order valence-corrected chi connectivity index (χ1v) is 13.0. The number of hydrogen-bond acceptors (Lipinski definition) is 5. The summed E-state index contributed by atoms with van der Waals surface area (Å²) in [5, 5.41) is 7.56. The number of fused-ring (bicyclic) bond motifs is 1. The van der Waals surface area contributed by atoms with Crippen LogP contribution in [0, 0.1) is 11.9 Å². The summed E-state index contributed by atoms with van der Waals surface area (Å²) in [4.78, 5) is 38.2. The van der Waals surface area contributed by atoms with Gasteiger partial charge in [-0.05, 0) is 74.1 Å². The quantitative estimate of drug-likeness (QED) is 0.308. The summed E-state index contributed by atoms with van der Waals surface area (Å²) in [7, 11) is 0. The van der Waals surface area contributed by atoms with Gasteiger partial charge in [-0.1, -0.05) is 12.1 Å². The van der Waals surface area contributed by atoms with Gasteiger partial charge in [0.15, 0.2) is 0 Å². The number of likely N-dealkylation sites (tertiary alicyclic amines) is 1. The van der Waals surface area contributed by atoms with Crippen LogP contribution in [0.4, 0.5) is 15.9 Å². The topological polar surface area (TPSA) is 103 Å². The summed E-state index contributed by atoms with van der Waals surface area (Å²) in [5.74, 6) is -0.117. The van der Waals surface area contributed by atoms with E-state index < -0.39 is 5.95 Å². The van der Waals surface area contributed by atoms with Crippen molar-refractivity contribution in [3.8, 4) is 11.1 Å². The number of nitrogens with zero attached hydrogens (tertiary/aromatic N) is 3. The Morgan fingerprint density at radius 1 is 1.08 bits per heavy atom. The summed E-state index contributed by atoms with van der Waals surface area (Å²) in [6.07, 6.45) is 6.65. The molecule has 2 fully saturated rings. The molecule has 3 N–H and O–H groups in total. The summed E-state index contributed by atoms with van der Waals surface area (Å²) in [6, 6.07) is 15.1. The second-order valence-electron chi connectivity index (χ2n) is 10.2. The number of anilines is 2. The first kappa shape index (κ1) is 24.1. The lowest BCUT2D eigenvalue weighted by Crippen LogP contribution is -2.47. The summed E-state index contributed by atoms with van der Waals surface area (Å²) < 4.78 is 13.5. The van der Waals surface area contributed by atoms with Gasteiger partial charge in [-0.25, -0.2) is 9.97 Å². The fourth-order valence-electron chi connectivity index (χ4n) is 5.20. The first-order chi connectivity index (χ1) is 18.4. The minimum absolute atomic E-state index is 0.0206. The van der Waals surface area contributed by atoms with E-state index in [0.717, 1.165) is 53.5 Å². The molecule has 0 spiro atoms. The number of carbonyl (C=O) groups is 2. The third-order valence-corrected chi connectivity index (χ3v) is 7.41. The molecule has 2 unspecified atom stereocenters. The van der Waals surface area contributed by atoms with Gasteiger partial charge in [-0.3, -0.25) is 9.59 Å². The van der Waals surface area contributed by atoms with Crippen molar-refractivity contribution in [3.05, 3.63) is 72.4 Å². The minimum Gasteiger partial charge on any atom is -0.382 e. The number of pyridine rings is 2. The lowest BCUT2D eigenvalue weighted by Gasteiger charge is -2.38. The van der Waals surface area contributed by atoms with E-state index in [9.17, 15) is 14.0 Å². The molecule has 194 valence electrons. The number of aromatic nitrogens is 3. The summed E-state index contributed by atoms with van der Waals surface area (Å²) in [6.45, 7) is 2.62. The van der Waals surface area contributed by atoms with E-state index in [0.29, 0.717) is 17.9 Å². The molecule has 38 heavy (non-hydrogen) atoms. The van der Waals surface area contributed by atoms with E-state index in [-0.39, 0.29) is 29.8 Å². The molecule has 1 aliphatic heterocycles. The molecule has 8 nitrogen and oxygen atoms in total. The Kier molecular flexibility index (Phi) is 6.27. The molecule has 2 atom stereocenters. The lowest BCUT2D eigenvalue weighted by molar-refractivity contribution is -0.117. The SMILES string of the molecule is CC1CC(Nc2ccc(-c3cc(NC(=O)C4CC4)nc4[nH]ccc34)cc2)CCN1C(=O)c1ccnc(F)c1. The first-order valence-electron chi connectivity index (χ1n) is 13.0. The lowest BCUT2D eigenvalue weighted by atomic mass is 9.96. The van der Waals surface area contributed by atoms with Gasteiger partial charge in [-0.15, -0.1) is 0 Å². The predicted octanol–water partition coefficient (Wildman–Crippen LogP) is 5.22. The smallest absolute Gasteiger partial charge is 0.254 e. The van der Waals surface area contributed by atoms with E-state index in [1.807, 2.05) is 25.3 Å². The number of benzene rings is 1. The zero-order valence-corrected chi connectivity index (χ0v) is 21.1. The Morgan fingerprint density at radius 3 is 2.63 bits per heavy atom. The monoisotopic (exact) mass is 512 g/mol. The van der Waals surface area contributed by atoms with Gasteiger partial charge in [0.1, 0.15) is 11.5 Å². The maximum Gasteiger partial charge on any atom is 0.254 e. The molecule has 6 rings (SSSR count). The standard InChI is InChI=1S/C29H29FN6O2/c1-17-14-22(10-13-36(17)29(38)20-8-11-31-25(30)15-20)33-21-6-4-18(5-7-21)24-16-26(35-28(37)19-2-3-19)34-27-23(24)9-12-32-27/h4-9,11-12,15-17,19,22,33H,2-3,10,13-14H2,1H3,(H2,32,34,35,37). The summed E-state index contributed by atoms with van der Waals surface area (Å²) >= 11 is 0. The molecule has 2 amide bonds. The minimum atomic E-state index is -0.647. The highest BCUT2D eigenvalue weighted by Crippen LogP contribution is 2.33. The molecule has 2 aliphatic rings. The second-order valence-corrected chi connectivity index (χ2v) is 10.2. The van der Waals surface area contributed by atoms with Crippen LogP contribution >= 0.6 is 0 Å². The third-order valence-electron chi connectivity index (χ3n) is 7.41. The number of halogens is 1. The number of nitrogens with one attached hydrogen (secondary N) is 3. The average Bonchev–Trinajstić information content (AvgIpc) is 3.66. The molecule has 1 saturated carbocycles. The van der Waals surface area contributed by atoms with Crippen LogP contribution in [0.25, 0.3) is 22.2 Å². The second kappa shape index (κ2) is 9.89. The van der Waals surface area contributed by atoms with Gasteiger partial charge < -0.3 is 20.5 Å². The highest BCUT2D eigenvalue weighted by atomic mass is 19.1. The van der Waals surface area contributed by atoms with Crippen molar-refractivity contribution in [1.82, 2.24) is 19.9 Å². The van der Waals surface area contributed by atoms with E-state index in [1.165, 1.54) is 12.3 Å². The van der Waals surface area contributed by atoms with E-state index in [1.54, 1.807) is 11.0 Å². The zero-order valence-electron chi connectivity index (χ0n) is 21.1. The van der Waals surface area contributed by atoms with E-state index in [2.05, 4.69) is 49.9 Å². The van der Waals surface area contributed by atoms with Crippen LogP contribution in [0.15, 0.2) is 60.9 Å². The fourth-order valence-corrected chi connectivity index (χ4v) is 5.20. The normalized spacial score (nSPS) is 19.4. The number of H-pyrrole nitrogens is 1. The van der Waals surface area contributed by atoms with Gasteiger partial charge in [0.05, 0.1) is 0 Å². The molecule has 4 heterocycles. The van der Waals surface area contributed by atoms with Crippen LogP contribution in [0.5, 0.6) is 0 Å². The van der Waals surface area contributed by atoms with Gasteiger partial charge in [0.25, 0.3) is 5.91 Å². The maximum absolute atomic E-state index is 13.5. The average molecular weight is 513 g/mol. The van der Waals surface area contributed by atoms with Crippen LogP contribution in [-0.2, 0) is 4.79 Å². The maximum atomic E-state index is 13.5. The van der Waals surface area contributed by atoms with Gasteiger partial charge in [0.2, 0.25) is 11.9 Å². The van der Waals surface area contributed by atoms with Crippen molar-refractivity contribution < 1.29 is 14.0 Å². The fraction of sp³-hybridized carbons (Fsp3) is 0.310. The molecular weight excluding hydrogens is 483 g/mol. The van der Waals surface area contributed by atoms with Crippen molar-refractivity contribution >= 4 is 34.4 Å². The van der Waals surface area contributed by atoms with Gasteiger partial charge in [-0.2, -0.15) is 4.39 Å². The number of piperidine rings is 1. The van der Waals surface area contributed by atoms with Crippen molar-refractivity contribution in [3.63, 3.8) is 0 Å². The largest absolute Gasteiger partial charge is 0.382 e. The van der Waals surface area contributed by atoms with Crippen molar-refractivity contribution in [2.24, 2.45) is 5.92 Å². The predicted molar refractivity (Wildman–Crippen MR) is 144 cm³/mol. The number of carbonyl (C=O) groups excluding carboxylic acids is 2. The van der Waals surface area contributed by atoms with Crippen LogP contribution in [0.1, 0.15) is 43.0 Å². The van der Waals surface area contributed by atoms with E-state index in [4.69, 9.17) is 0 Å². The number of amides is 2. The van der Waals surface area contributed by atoms with Crippen LogP contribution in [0.3, 0.4) is 0 Å². The van der Waals surface area contributed by atoms with Crippen LogP contribution < -0.4 is 10.6 Å². The Bertz CT molecular complexity index is 1500. The third kappa shape index (κ3) is 4.96. The molecular formula is C29H29FN6O2. The number of hydrogen-bond donors (Lipinski definition) is 3. The molecule has 1 aromatic carbocycles. The van der Waals surface area contributed by atoms with Crippen LogP contribution in [-0.4, -0.2) is 50.3 Å². The molecule has 4 aromatic rings. The Morgan fingerprint density at radius 2 is 1.89 bits per heavy atom.